The molecular formula is C22H20N4O3. The number of hydrogen-bond acceptors (Lipinski definition) is 4. The Morgan fingerprint density at radius 1 is 1.14 bits per heavy atom. The zero-order valence-electron chi connectivity index (χ0n) is 16.0. The van der Waals surface area contributed by atoms with E-state index in [2.05, 4.69) is 5.32 Å². The van der Waals surface area contributed by atoms with Crippen LogP contribution in [0.25, 0.3) is 16.8 Å². The standard InChI is InChI=1S/C22H20N4O3/c1-25-18-12-6-11-16(20(18)29-22(25)28)21(27)23-19-13-17(14-7-5-8-14)24-26(19)15-9-3-2-4-10-15/h2-4,6,9-14H,5,7-8H2,1H3,(H,23,27). The predicted molar refractivity (Wildman–Crippen MR) is 110 cm³/mol. The zero-order chi connectivity index (χ0) is 20.0. The minimum atomic E-state index is -0.498. The van der Waals surface area contributed by atoms with Gasteiger partial charge in [0.05, 0.1) is 22.5 Å². The maximum atomic E-state index is 13.1. The molecule has 2 heterocycles. The lowest BCUT2D eigenvalue weighted by Crippen LogP contribution is -2.15. The number of carbonyl (C=O) groups is 1. The van der Waals surface area contributed by atoms with E-state index in [1.54, 1.807) is 29.9 Å². The summed E-state index contributed by atoms with van der Waals surface area (Å²) in [6, 6.07) is 16.8. The number of fused-ring (bicyclic) bond motifs is 1. The number of nitrogens with zero attached hydrogens (tertiary/aromatic N) is 3. The van der Waals surface area contributed by atoms with Gasteiger partial charge in [-0.05, 0) is 37.1 Å². The van der Waals surface area contributed by atoms with Crippen LogP contribution in [0.5, 0.6) is 0 Å². The molecule has 1 N–H and O–H groups in total. The molecule has 1 aliphatic carbocycles. The Bertz CT molecular complexity index is 1260. The van der Waals surface area contributed by atoms with Crippen molar-refractivity contribution in [2.45, 2.75) is 25.2 Å². The number of aromatic nitrogens is 3. The monoisotopic (exact) mass is 388 g/mol. The highest BCUT2D eigenvalue weighted by atomic mass is 16.4. The third-order valence-corrected chi connectivity index (χ3v) is 5.56. The largest absolute Gasteiger partial charge is 0.419 e. The zero-order valence-corrected chi connectivity index (χ0v) is 16.0. The summed E-state index contributed by atoms with van der Waals surface area (Å²) >= 11 is 0. The summed E-state index contributed by atoms with van der Waals surface area (Å²) in [7, 11) is 1.62. The number of para-hydroxylation sites is 2. The van der Waals surface area contributed by atoms with Crippen LogP contribution in [0, 0.1) is 0 Å². The van der Waals surface area contributed by atoms with E-state index in [4.69, 9.17) is 9.52 Å². The van der Waals surface area contributed by atoms with Crippen LogP contribution in [0.3, 0.4) is 0 Å². The Labute approximate surface area is 166 Å². The summed E-state index contributed by atoms with van der Waals surface area (Å²) < 4.78 is 8.44. The van der Waals surface area contributed by atoms with E-state index in [-0.39, 0.29) is 11.5 Å². The van der Waals surface area contributed by atoms with Gasteiger partial charge in [-0.1, -0.05) is 30.7 Å². The molecule has 7 heteroatoms. The van der Waals surface area contributed by atoms with Crippen LogP contribution < -0.4 is 11.1 Å². The molecule has 4 aromatic rings. The van der Waals surface area contributed by atoms with Gasteiger partial charge >= 0.3 is 5.76 Å². The third-order valence-electron chi connectivity index (χ3n) is 5.56. The van der Waals surface area contributed by atoms with E-state index in [9.17, 15) is 9.59 Å². The van der Waals surface area contributed by atoms with E-state index in [0.29, 0.717) is 22.8 Å². The molecule has 0 unspecified atom stereocenters. The minimum absolute atomic E-state index is 0.280. The molecule has 146 valence electrons. The molecular weight excluding hydrogens is 368 g/mol. The molecule has 2 aromatic heterocycles. The lowest BCUT2D eigenvalue weighted by Gasteiger charge is -2.22. The van der Waals surface area contributed by atoms with E-state index in [1.807, 2.05) is 36.4 Å². The van der Waals surface area contributed by atoms with Gasteiger partial charge in [0.1, 0.15) is 5.82 Å². The smallest absolute Gasteiger partial charge is 0.407 e. The molecule has 2 aromatic carbocycles. The molecule has 0 aliphatic heterocycles. The van der Waals surface area contributed by atoms with Gasteiger partial charge in [0.15, 0.2) is 5.58 Å². The first-order valence-corrected chi connectivity index (χ1v) is 9.67. The van der Waals surface area contributed by atoms with Crippen molar-refractivity contribution in [1.29, 1.82) is 0 Å². The van der Waals surface area contributed by atoms with Crippen molar-refractivity contribution in [3.63, 3.8) is 0 Å². The summed E-state index contributed by atoms with van der Waals surface area (Å²) in [5, 5.41) is 7.71. The molecule has 0 bridgehead atoms. The van der Waals surface area contributed by atoms with Crippen LogP contribution >= 0.6 is 0 Å². The molecule has 1 fully saturated rings. The lowest BCUT2D eigenvalue weighted by atomic mass is 9.83. The first kappa shape index (κ1) is 17.5. The Balaban J connectivity index is 1.55. The fourth-order valence-corrected chi connectivity index (χ4v) is 3.67. The van der Waals surface area contributed by atoms with Gasteiger partial charge in [-0.15, -0.1) is 0 Å². The molecule has 1 amide bonds. The van der Waals surface area contributed by atoms with Gasteiger partial charge in [-0.2, -0.15) is 5.10 Å². The van der Waals surface area contributed by atoms with Crippen LogP contribution in [0.4, 0.5) is 5.82 Å². The predicted octanol–water partition coefficient (Wildman–Crippen LogP) is 3.84. The number of aryl methyl sites for hydroxylation is 1. The normalized spacial score (nSPS) is 14.1. The third kappa shape index (κ3) is 2.95. The Kier molecular flexibility index (Phi) is 4.08. The van der Waals surface area contributed by atoms with Crippen LogP contribution in [0.2, 0.25) is 0 Å². The molecule has 0 saturated heterocycles. The topological polar surface area (TPSA) is 82.1 Å². The lowest BCUT2D eigenvalue weighted by molar-refractivity contribution is 0.102. The molecule has 29 heavy (non-hydrogen) atoms. The van der Waals surface area contributed by atoms with Gasteiger partial charge in [0.25, 0.3) is 5.91 Å². The first-order valence-electron chi connectivity index (χ1n) is 9.67. The fraction of sp³-hybridized carbons (Fsp3) is 0.227. The van der Waals surface area contributed by atoms with Gasteiger partial charge in [0.2, 0.25) is 0 Å². The second kappa shape index (κ2) is 6.77. The van der Waals surface area contributed by atoms with Crippen molar-refractivity contribution >= 4 is 22.8 Å². The van der Waals surface area contributed by atoms with Gasteiger partial charge in [-0.25, -0.2) is 9.48 Å². The van der Waals surface area contributed by atoms with Gasteiger partial charge < -0.3 is 9.73 Å². The second-order valence-corrected chi connectivity index (χ2v) is 7.36. The quantitative estimate of drug-likeness (QED) is 0.576. The van der Waals surface area contributed by atoms with Crippen molar-refractivity contribution in [1.82, 2.24) is 14.3 Å². The van der Waals surface area contributed by atoms with E-state index in [0.717, 1.165) is 24.2 Å². The summed E-state index contributed by atoms with van der Waals surface area (Å²) in [6.07, 6.45) is 3.45. The maximum absolute atomic E-state index is 13.1. The molecule has 0 radical (unpaired) electrons. The summed E-state index contributed by atoms with van der Waals surface area (Å²) in [5.74, 6) is 0.189. The molecule has 0 spiro atoms. The number of benzene rings is 2. The molecule has 7 nitrogen and oxygen atoms in total. The maximum Gasteiger partial charge on any atom is 0.419 e. The highest BCUT2D eigenvalue weighted by Gasteiger charge is 2.25. The number of nitrogens with one attached hydrogen (secondary N) is 1. The van der Waals surface area contributed by atoms with Crippen molar-refractivity contribution in [2.24, 2.45) is 7.05 Å². The van der Waals surface area contributed by atoms with Gasteiger partial charge in [-0.3, -0.25) is 9.36 Å². The number of amides is 1. The van der Waals surface area contributed by atoms with Crippen LogP contribution in [-0.4, -0.2) is 20.3 Å². The van der Waals surface area contributed by atoms with Crippen molar-refractivity contribution in [2.75, 3.05) is 5.32 Å². The summed E-state index contributed by atoms with van der Waals surface area (Å²) in [5.41, 5.74) is 3.03. The summed E-state index contributed by atoms with van der Waals surface area (Å²) in [6.45, 7) is 0. The number of anilines is 1. The minimum Gasteiger partial charge on any atom is -0.407 e. The van der Waals surface area contributed by atoms with Crippen LogP contribution in [0.1, 0.15) is 41.2 Å². The molecule has 1 aliphatic rings. The Morgan fingerprint density at radius 3 is 2.66 bits per heavy atom. The fourth-order valence-electron chi connectivity index (χ4n) is 3.67. The number of hydrogen-bond donors (Lipinski definition) is 1. The van der Waals surface area contributed by atoms with E-state index >= 15 is 0 Å². The average molecular weight is 388 g/mol. The Hall–Kier alpha value is -3.61. The van der Waals surface area contributed by atoms with E-state index < -0.39 is 5.76 Å². The van der Waals surface area contributed by atoms with Crippen molar-refractivity contribution in [3.05, 3.63) is 76.4 Å². The van der Waals surface area contributed by atoms with E-state index in [1.165, 1.54) is 11.0 Å². The number of carbonyl (C=O) groups excluding carboxylic acids is 1. The van der Waals surface area contributed by atoms with Crippen LogP contribution in [-0.2, 0) is 7.05 Å². The number of oxazole rings is 1. The SMILES string of the molecule is Cn1c(=O)oc2c(C(=O)Nc3cc(C4CCC4)nn3-c3ccccc3)cccc21. The van der Waals surface area contributed by atoms with Crippen molar-refractivity contribution in [3.8, 4) is 5.69 Å². The molecule has 1 saturated carbocycles. The number of rotatable bonds is 4. The Morgan fingerprint density at radius 2 is 1.93 bits per heavy atom. The highest BCUT2D eigenvalue weighted by molar-refractivity contribution is 6.10. The highest BCUT2D eigenvalue weighted by Crippen LogP contribution is 2.37. The molecule has 0 atom stereocenters. The van der Waals surface area contributed by atoms with Gasteiger partial charge in [0, 0.05) is 19.0 Å². The summed E-state index contributed by atoms with van der Waals surface area (Å²) in [4.78, 5) is 25.0. The molecule has 5 rings (SSSR count). The van der Waals surface area contributed by atoms with Crippen molar-refractivity contribution < 1.29 is 9.21 Å². The average Bonchev–Trinajstić information content (AvgIpc) is 3.22. The second-order valence-electron chi connectivity index (χ2n) is 7.36. The van der Waals surface area contributed by atoms with Crippen LogP contribution in [0.15, 0.2) is 63.8 Å². The first-order chi connectivity index (χ1) is 14.1.